The molecule has 0 bridgehead atoms. The highest BCUT2D eigenvalue weighted by Gasteiger charge is 2.29. The zero-order valence-electron chi connectivity index (χ0n) is 11.8. The van der Waals surface area contributed by atoms with Crippen molar-refractivity contribution in [1.82, 2.24) is 10.9 Å². The zero-order valence-corrected chi connectivity index (χ0v) is 14.2. The summed E-state index contributed by atoms with van der Waals surface area (Å²) in [6.07, 6.45) is 1.25. The van der Waals surface area contributed by atoms with E-state index in [1.165, 1.54) is 6.26 Å². The molecule has 1 aromatic heterocycles. The first kappa shape index (κ1) is 15.6. The molecule has 2 aromatic rings. The number of hydrazine groups is 1. The molecule has 0 saturated carbocycles. The SMILES string of the molecule is CS(=O)(=O)CC1=C(c2cccs2)NNC1c1ccc(Cl)cc1. The second kappa shape index (κ2) is 6.04. The first-order chi connectivity index (χ1) is 10.4. The molecule has 2 heterocycles. The molecule has 0 fully saturated rings. The van der Waals surface area contributed by atoms with Gasteiger partial charge in [-0.05, 0) is 34.7 Å². The Kier molecular flexibility index (Phi) is 4.27. The lowest BCUT2D eigenvalue weighted by atomic mass is 10.00. The van der Waals surface area contributed by atoms with Crippen molar-refractivity contribution < 1.29 is 8.42 Å². The van der Waals surface area contributed by atoms with Crippen LogP contribution in [0.25, 0.3) is 5.70 Å². The van der Waals surface area contributed by atoms with Gasteiger partial charge in [0.05, 0.1) is 22.4 Å². The molecule has 2 N–H and O–H groups in total. The van der Waals surface area contributed by atoms with E-state index in [1.807, 2.05) is 29.6 Å². The summed E-state index contributed by atoms with van der Waals surface area (Å²) < 4.78 is 23.7. The molecular formula is C15H15ClN2O2S2. The number of sulfone groups is 1. The van der Waals surface area contributed by atoms with Gasteiger partial charge in [-0.15, -0.1) is 11.3 Å². The third-order valence-corrected chi connectivity index (χ3v) is 5.37. The van der Waals surface area contributed by atoms with Gasteiger partial charge < -0.3 is 5.43 Å². The third kappa shape index (κ3) is 3.35. The van der Waals surface area contributed by atoms with Crippen LogP contribution in [-0.4, -0.2) is 20.4 Å². The van der Waals surface area contributed by atoms with Crippen LogP contribution in [0.4, 0.5) is 0 Å². The number of rotatable bonds is 4. The van der Waals surface area contributed by atoms with Crippen LogP contribution < -0.4 is 10.9 Å². The van der Waals surface area contributed by atoms with E-state index >= 15 is 0 Å². The highest BCUT2D eigenvalue weighted by molar-refractivity contribution is 7.90. The Bertz CT molecular complexity index is 797. The van der Waals surface area contributed by atoms with Gasteiger partial charge in [0, 0.05) is 11.3 Å². The Balaban J connectivity index is 2.05. The minimum absolute atomic E-state index is 0.00747. The van der Waals surface area contributed by atoms with Crippen LogP contribution in [-0.2, 0) is 9.84 Å². The molecule has 116 valence electrons. The molecule has 0 saturated heterocycles. The predicted molar refractivity (Wildman–Crippen MR) is 91.4 cm³/mol. The van der Waals surface area contributed by atoms with Crippen molar-refractivity contribution in [2.24, 2.45) is 0 Å². The van der Waals surface area contributed by atoms with Gasteiger partial charge in [-0.3, -0.25) is 0 Å². The molecule has 3 rings (SSSR count). The number of halogens is 1. The topological polar surface area (TPSA) is 58.2 Å². The predicted octanol–water partition coefficient (Wildman–Crippen LogP) is 3.01. The number of nitrogens with one attached hydrogen (secondary N) is 2. The summed E-state index contributed by atoms with van der Waals surface area (Å²) in [5, 5.41) is 2.62. The van der Waals surface area contributed by atoms with E-state index < -0.39 is 9.84 Å². The van der Waals surface area contributed by atoms with Crippen LogP contribution in [0.5, 0.6) is 0 Å². The minimum atomic E-state index is -3.14. The summed E-state index contributed by atoms with van der Waals surface area (Å²) >= 11 is 7.50. The summed E-state index contributed by atoms with van der Waals surface area (Å²) in [4.78, 5) is 1.02. The van der Waals surface area contributed by atoms with Crippen LogP contribution in [0.2, 0.25) is 5.02 Å². The van der Waals surface area contributed by atoms with E-state index in [2.05, 4.69) is 10.9 Å². The van der Waals surface area contributed by atoms with Crippen molar-refractivity contribution in [2.75, 3.05) is 12.0 Å². The second-order valence-corrected chi connectivity index (χ2v) is 8.73. The monoisotopic (exact) mass is 354 g/mol. The van der Waals surface area contributed by atoms with Crippen molar-refractivity contribution in [2.45, 2.75) is 6.04 Å². The largest absolute Gasteiger partial charge is 0.319 e. The Hall–Kier alpha value is -1.34. The number of hydrogen-bond donors (Lipinski definition) is 2. The summed E-state index contributed by atoms with van der Waals surface area (Å²) in [5.41, 5.74) is 8.96. The highest BCUT2D eigenvalue weighted by atomic mass is 35.5. The quantitative estimate of drug-likeness (QED) is 0.886. The summed E-state index contributed by atoms with van der Waals surface area (Å²) in [7, 11) is -3.14. The maximum atomic E-state index is 11.8. The van der Waals surface area contributed by atoms with E-state index in [-0.39, 0.29) is 11.8 Å². The first-order valence-electron chi connectivity index (χ1n) is 6.66. The van der Waals surface area contributed by atoms with Crippen molar-refractivity contribution in [3.63, 3.8) is 0 Å². The van der Waals surface area contributed by atoms with Gasteiger partial charge >= 0.3 is 0 Å². The van der Waals surface area contributed by atoms with Crippen molar-refractivity contribution >= 4 is 38.5 Å². The van der Waals surface area contributed by atoms with Gasteiger partial charge in [-0.1, -0.05) is 29.8 Å². The lowest BCUT2D eigenvalue weighted by molar-refractivity contribution is 0.589. The highest BCUT2D eigenvalue weighted by Crippen LogP contribution is 2.34. The second-order valence-electron chi connectivity index (χ2n) is 5.20. The molecular weight excluding hydrogens is 340 g/mol. The van der Waals surface area contributed by atoms with Crippen molar-refractivity contribution in [3.8, 4) is 0 Å². The summed E-state index contributed by atoms with van der Waals surface area (Å²) in [6, 6.07) is 11.1. The van der Waals surface area contributed by atoms with E-state index in [0.717, 1.165) is 21.7 Å². The fourth-order valence-electron chi connectivity index (χ4n) is 2.47. The van der Waals surface area contributed by atoms with E-state index in [4.69, 9.17) is 11.6 Å². The Morgan fingerprint density at radius 3 is 2.55 bits per heavy atom. The molecule has 0 aliphatic carbocycles. The maximum absolute atomic E-state index is 11.8. The minimum Gasteiger partial charge on any atom is -0.319 e. The zero-order chi connectivity index (χ0) is 15.7. The van der Waals surface area contributed by atoms with E-state index in [1.54, 1.807) is 23.5 Å². The van der Waals surface area contributed by atoms with Crippen LogP contribution in [0.15, 0.2) is 47.4 Å². The lowest BCUT2D eigenvalue weighted by Crippen LogP contribution is -2.27. The average Bonchev–Trinajstić information content (AvgIpc) is 3.07. The number of benzene rings is 1. The van der Waals surface area contributed by atoms with Crippen molar-refractivity contribution in [1.29, 1.82) is 0 Å². The van der Waals surface area contributed by atoms with Gasteiger partial charge in [0.1, 0.15) is 0 Å². The van der Waals surface area contributed by atoms with Gasteiger partial charge in [0.2, 0.25) is 0 Å². The Morgan fingerprint density at radius 2 is 1.95 bits per heavy atom. The molecule has 1 atom stereocenters. The molecule has 0 spiro atoms. The Morgan fingerprint density at radius 1 is 1.23 bits per heavy atom. The molecule has 22 heavy (non-hydrogen) atoms. The standard InChI is InChI=1S/C15H15ClN2O2S2/c1-22(19,20)9-12-14(10-4-6-11(16)7-5-10)17-18-15(12)13-3-2-8-21-13/h2-8,14,17-18H,9H2,1H3. The fourth-order valence-corrected chi connectivity index (χ4v) is 4.24. The van der Waals surface area contributed by atoms with Gasteiger partial charge in [-0.2, -0.15) is 0 Å². The molecule has 0 amide bonds. The molecule has 1 unspecified atom stereocenters. The molecule has 7 heteroatoms. The van der Waals surface area contributed by atoms with Gasteiger partial charge in [-0.25, -0.2) is 13.8 Å². The van der Waals surface area contributed by atoms with Crippen LogP contribution in [0.3, 0.4) is 0 Å². The smallest absolute Gasteiger partial charge is 0.151 e. The molecule has 1 aliphatic heterocycles. The fraction of sp³-hybridized carbons (Fsp3) is 0.200. The van der Waals surface area contributed by atoms with E-state index in [9.17, 15) is 8.42 Å². The van der Waals surface area contributed by atoms with Crippen LogP contribution in [0, 0.1) is 0 Å². The number of thiophene rings is 1. The van der Waals surface area contributed by atoms with Crippen molar-refractivity contribution in [3.05, 3.63) is 62.8 Å². The van der Waals surface area contributed by atoms with E-state index in [0.29, 0.717) is 5.02 Å². The molecule has 1 aromatic carbocycles. The Labute approximate surface area is 138 Å². The lowest BCUT2D eigenvalue weighted by Gasteiger charge is -2.14. The molecule has 4 nitrogen and oxygen atoms in total. The van der Waals surface area contributed by atoms with Gasteiger partial charge in [0.15, 0.2) is 9.84 Å². The van der Waals surface area contributed by atoms with Gasteiger partial charge in [0.25, 0.3) is 0 Å². The third-order valence-electron chi connectivity index (χ3n) is 3.40. The van der Waals surface area contributed by atoms with Crippen LogP contribution >= 0.6 is 22.9 Å². The molecule has 0 radical (unpaired) electrons. The van der Waals surface area contributed by atoms with Crippen LogP contribution in [0.1, 0.15) is 16.5 Å². The average molecular weight is 355 g/mol. The normalized spacial score (nSPS) is 18.5. The molecule has 1 aliphatic rings. The number of hydrogen-bond acceptors (Lipinski definition) is 5. The maximum Gasteiger partial charge on any atom is 0.151 e. The summed E-state index contributed by atoms with van der Waals surface area (Å²) in [5.74, 6) is 0.00747. The summed E-state index contributed by atoms with van der Waals surface area (Å²) in [6.45, 7) is 0. The first-order valence-corrected chi connectivity index (χ1v) is 9.97.